The van der Waals surface area contributed by atoms with Gasteiger partial charge in [-0.25, -0.2) is 0 Å². The molecule has 1 atom stereocenters. The van der Waals surface area contributed by atoms with Gasteiger partial charge in [0.15, 0.2) is 6.61 Å². The van der Waals surface area contributed by atoms with Gasteiger partial charge in [-0.2, -0.15) is 0 Å². The van der Waals surface area contributed by atoms with Gasteiger partial charge in [-0.1, -0.05) is 49.4 Å². The van der Waals surface area contributed by atoms with E-state index >= 15 is 0 Å². The molecule has 158 valence electrons. The second-order valence-corrected chi connectivity index (χ2v) is 7.52. The Kier molecular flexibility index (Phi) is 7.22. The zero-order valence-electron chi connectivity index (χ0n) is 17.5. The van der Waals surface area contributed by atoms with Crippen molar-refractivity contribution in [2.24, 2.45) is 5.92 Å². The Labute approximate surface area is 177 Å². The Morgan fingerprint density at radius 3 is 2.53 bits per heavy atom. The number of para-hydroxylation sites is 1. The molecule has 1 fully saturated rings. The number of carbonyl (C=O) groups is 3. The van der Waals surface area contributed by atoms with Crippen LogP contribution in [0.4, 0.5) is 5.69 Å². The molecule has 1 saturated heterocycles. The van der Waals surface area contributed by atoms with Crippen molar-refractivity contribution in [3.63, 3.8) is 0 Å². The van der Waals surface area contributed by atoms with Crippen molar-refractivity contribution in [2.75, 3.05) is 24.6 Å². The van der Waals surface area contributed by atoms with Gasteiger partial charge in [-0.3, -0.25) is 14.4 Å². The van der Waals surface area contributed by atoms with Crippen LogP contribution in [-0.2, 0) is 32.0 Å². The van der Waals surface area contributed by atoms with E-state index in [1.807, 2.05) is 62.4 Å². The molecule has 0 aromatic heterocycles. The third-order valence-corrected chi connectivity index (χ3v) is 5.44. The van der Waals surface area contributed by atoms with Crippen molar-refractivity contribution in [1.29, 1.82) is 0 Å². The average molecular weight is 408 g/mol. The third kappa shape index (κ3) is 5.26. The minimum atomic E-state index is -0.554. The maximum Gasteiger partial charge on any atom is 0.311 e. The Hall–Kier alpha value is -3.15. The molecule has 3 rings (SSSR count). The maximum absolute atomic E-state index is 12.4. The fourth-order valence-electron chi connectivity index (χ4n) is 3.70. The molecular formula is C24H28N2O4. The van der Waals surface area contributed by atoms with Crippen molar-refractivity contribution < 1.29 is 19.1 Å². The summed E-state index contributed by atoms with van der Waals surface area (Å²) >= 11 is 0. The lowest BCUT2D eigenvalue weighted by molar-refractivity contribution is -0.152. The Balaban J connectivity index is 1.45. The molecular weight excluding hydrogens is 380 g/mol. The smallest absolute Gasteiger partial charge is 0.311 e. The molecule has 2 aromatic rings. The number of anilines is 1. The molecule has 0 saturated carbocycles. The molecule has 0 unspecified atom stereocenters. The van der Waals surface area contributed by atoms with Gasteiger partial charge in [-0.15, -0.1) is 0 Å². The highest BCUT2D eigenvalue weighted by Gasteiger charge is 2.36. The molecule has 2 amide bonds. The number of nitrogens with zero attached hydrogens (tertiary/aromatic N) is 1. The SMILES string of the molecule is CCc1ccccc1N1C[C@H](C(=O)OCC(=O)NCCc2ccccc2C)CC1=O. The Morgan fingerprint density at radius 2 is 1.80 bits per heavy atom. The van der Waals surface area contributed by atoms with Gasteiger partial charge in [0.25, 0.3) is 5.91 Å². The van der Waals surface area contributed by atoms with E-state index in [1.54, 1.807) is 4.90 Å². The lowest BCUT2D eigenvalue weighted by atomic mass is 10.1. The zero-order valence-corrected chi connectivity index (χ0v) is 17.5. The summed E-state index contributed by atoms with van der Waals surface area (Å²) in [5.74, 6) is -1.49. The van der Waals surface area contributed by atoms with Crippen molar-refractivity contribution in [3.8, 4) is 0 Å². The first-order valence-corrected chi connectivity index (χ1v) is 10.4. The van der Waals surface area contributed by atoms with Crippen LogP contribution in [0.15, 0.2) is 48.5 Å². The number of hydrogen-bond donors (Lipinski definition) is 1. The first kappa shape index (κ1) is 21.6. The number of esters is 1. The molecule has 2 aromatic carbocycles. The highest BCUT2D eigenvalue weighted by atomic mass is 16.5. The second-order valence-electron chi connectivity index (χ2n) is 7.52. The van der Waals surface area contributed by atoms with Crippen molar-refractivity contribution >= 4 is 23.5 Å². The first-order chi connectivity index (χ1) is 14.5. The summed E-state index contributed by atoms with van der Waals surface area (Å²) in [6.45, 7) is 4.49. The third-order valence-electron chi connectivity index (χ3n) is 5.44. The van der Waals surface area contributed by atoms with Gasteiger partial charge in [-0.05, 0) is 42.5 Å². The minimum Gasteiger partial charge on any atom is -0.455 e. The fraction of sp³-hybridized carbons (Fsp3) is 0.375. The van der Waals surface area contributed by atoms with Crippen molar-refractivity contribution in [1.82, 2.24) is 5.32 Å². The van der Waals surface area contributed by atoms with E-state index < -0.39 is 11.9 Å². The highest BCUT2D eigenvalue weighted by molar-refractivity contribution is 6.00. The number of nitrogens with one attached hydrogen (secondary N) is 1. The Bertz CT molecular complexity index is 925. The van der Waals surface area contributed by atoms with E-state index in [0.29, 0.717) is 6.54 Å². The van der Waals surface area contributed by atoms with Gasteiger partial charge in [0, 0.05) is 25.2 Å². The molecule has 1 aliphatic rings. The number of ether oxygens (including phenoxy) is 1. The molecule has 0 radical (unpaired) electrons. The van der Waals surface area contributed by atoms with Crippen molar-refractivity contribution in [3.05, 3.63) is 65.2 Å². The van der Waals surface area contributed by atoms with Crippen LogP contribution in [0.25, 0.3) is 0 Å². The first-order valence-electron chi connectivity index (χ1n) is 10.4. The molecule has 6 nitrogen and oxygen atoms in total. The van der Waals surface area contributed by atoms with Crippen LogP contribution in [0.2, 0.25) is 0 Å². The molecule has 1 aliphatic heterocycles. The summed E-state index contributed by atoms with van der Waals surface area (Å²) in [6, 6.07) is 15.7. The maximum atomic E-state index is 12.4. The van der Waals surface area contributed by atoms with Crippen LogP contribution in [0, 0.1) is 12.8 Å². The number of carbonyl (C=O) groups excluding carboxylic acids is 3. The van der Waals surface area contributed by atoms with E-state index in [2.05, 4.69) is 5.32 Å². The molecule has 1 N–H and O–H groups in total. The summed E-state index contributed by atoms with van der Waals surface area (Å²) in [6.07, 6.45) is 1.62. The van der Waals surface area contributed by atoms with Crippen LogP contribution in [0.1, 0.15) is 30.0 Å². The normalized spacial score (nSPS) is 15.9. The lowest BCUT2D eigenvalue weighted by Gasteiger charge is -2.19. The van der Waals surface area contributed by atoms with Crippen molar-refractivity contribution in [2.45, 2.75) is 33.1 Å². The summed E-state index contributed by atoms with van der Waals surface area (Å²) in [5.41, 5.74) is 4.26. The molecule has 0 aliphatic carbocycles. The molecule has 0 spiro atoms. The second kappa shape index (κ2) is 10.1. The molecule has 30 heavy (non-hydrogen) atoms. The number of amides is 2. The van der Waals surface area contributed by atoms with Crippen LogP contribution < -0.4 is 10.2 Å². The van der Waals surface area contributed by atoms with E-state index in [4.69, 9.17) is 4.74 Å². The number of benzene rings is 2. The van der Waals surface area contributed by atoms with Crippen LogP contribution >= 0.6 is 0 Å². The predicted octanol–water partition coefficient (Wildman–Crippen LogP) is 2.81. The van der Waals surface area contributed by atoms with Crippen LogP contribution in [0.3, 0.4) is 0 Å². The van der Waals surface area contributed by atoms with E-state index in [1.165, 1.54) is 11.1 Å². The van der Waals surface area contributed by atoms with E-state index in [0.717, 1.165) is 24.1 Å². The number of hydrogen-bond acceptors (Lipinski definition) is 4. The minimum absolute atomic E-state index is 0.0967. The zero-order chi connectivity index (χ0) is 21.5. The predicted molar refractivity (Wildman–Crippen MR) is 115 cm³/mol. The van der Waals surface area contributed by atoms with Gasteiger partial charge < -0.3 is 15.0 Å². The van der Waals surface area contributed by atoms with E-state index in [-0.39, 0.29) is 31.4 Å². The lowest BCUT2D eigenvalue weighted by Crippen LogP contribution is -2.32. The molecule has 1 heterocycles. The van der Waals surface area contributed by atoms with Gasteiger partial charge in [0.05, 0.1) is 5.92 Å². The molecule has 0 bridgehead atoms. The van der Waals surface area contributed by atoms with Crippen LogP contribution in [0.5, 0.6) is 0 Å². The quantitative estimate of drug-likeness (QED) is 0.682. The topological polar surface area (TPSA) is 75.7 Å². The molecule has 6 heteroatoms. The largest absolute Gasteiger partial charge is 0.455 e. The standard InChI is InChI=1S/C24H28N2O4/c1-3-18-9-6-7-11-21(18)26-15-20(14-23(26)28)24(29)30-16-22(27)25-13-12-19-10-5-4-8-17(19)2/h4-11,20H,3,12-16H2,1-2H3,(H,25,27)/t20-/m1/s1. The highest BCUT2D eigenvalue weighted by Crippen LogP contribution is 2.29. The number of rotatable bonds is 8. The fourth-order valence-corrected chi connectivity index (χ4v) is 3.70. The average Bonchev–Trinajstić information content (AvgIpc) is 3.15. The summed E-state index contributed by atoms with van der Waals surface area (Å²) in [7, 11) is 0. The van der Waals surface area contributed by atoms with Crippen LogP contribution in [-0.4, -0.2) is 37.5 Å². The summed E-state index contributed by atoms with van der Waals surface area (Å²) in [5, 5.41) is 2.77. The summed E-state index contributed by atoms with van der Waals surface area (Å²) in [4.78, 5) is 38.5. The van der Waals surface area contributed by atoms with Gasteiger partial charge in [0.2, 0.25) is 5.91 Å². The summed E-state index contributed by atoms with van der Waals surface area (Å²) < 4.78 is 5.17. The monoisotopic (exact) mass is 408 g/mol. The van der Waals surface area contributed by atoms with Gasteiger partial charge in [0.1, 0.15) is 0 Å². The van der Waals surface area contributed by atoms with E-state index in [9.17, 15) is 14.4 Å². The Morgan fingerprint density at radius 1 is 1.10 bits per heavy atom. The van der Waals surface area contributed by atoms with Gasteiger partial charge >= 0.3 is 5.97 Å². The number of aryl methyl sites for hydroxylation is 2.